The van der Waals surface area contributed by atoms with Crippen LogP contribution in [0.25, 0.3) is 0 Å². The Morgan fingerprint density at radius 3 is 2.31 bits per heavy atom. The molecule has 0 aliphatic rings. The third-order valence-electron chi connectivity index (χ3n) is 3.81. The van der Waals surface area contributed by atoms with Gasteiger partial charge in [0.1, 0.15) is 11.4 Å². The Kier molecular flexibility index (Phi) is 5.34. The number of aromatic nitrogens is 2. The van der Waals surface area contributed by atoms with Gasteiger partial charge in [0.2, 0.25) is 0 Å². The number of amides is 2. The molecule has 0 bridgehead atoms. The van der Waals surface area contributed by atoms with Crippen molar-refractivity contribution in [1.29, 1.82) is 0 Å². The number of carbonyl (C=O) groups excluding carboxylic acids is 2. The average Bonchev–Trinajstić information content (AvgIpc) is 2.69. The lowest BCUT2D eigenvalue weighted by molar-refractivity contribution is 0.0945. The number of para-hydroxylation sites is 1. The van der Waals surface area contributed by atoms with Gasteiger partial charge < -0.3 is 10.6 Å². The van der Waals surface area contributed by atoms with E-state index in [1.165, 1.54) is 0 Å². The third-order valence-corrected chi connectivity index (χ3v) is 3.81. The van der Waals surface area contributed by atoms with Crippen molar-refractivity contribution < 1.29 is 9.59 Å². The Bertz CT molecular complexity index is 926. The summed E-state index contributed by atoms with van der Waals surface area (Å²) in [6.07, 6.45) is 3.33. The molecule has 0 saturated heterocycles. The molecule has 0 radical (unpaired) electrons. The Balaban J connectivity index is 1.68. The van der Waals surface area contributed by atoms with Crippen molar-refractivity contribution in [3.05, 3.63) is 89.5 Å². The van der Waals surface area contributed by atoms with E-state index < -0.39 is 0 Å². The molecule has 0 spiro atoms. The highest BCUT2D eigenvalue weighted by Crippen LogP contribution is 2.14. The molecule has 0 saturated carbocycles. The summed E-state index contributed by atoms with van der Waals surface area (Å²) < 4.78 is 0. The number of nitrogens with zero attached hydrogens (tertiary/aromatic N) is 2. The molecule has 2 heterocycles. The number of benzene rings is 1. The van der Waals surface area contributed by atoms with Crippen LogP contribution in [0.4, 0.5) is 5.69 Å². The molecule has 26 heavy (non-hydrogen) atoms. The van der Waals surface area contributed by atoms with Crippen LogP contribution in [0.2, 0.25) is 0 Å². The predicted molar refractivity (Wildman–Crippen MR) is 98.8 cm³/mol. The van der Waals surface area contributed by atoms with Crippen molar-refractivity contribution in [2.24, 2.45) is 0 Å². The molecule has 0 unspecified atom stereocenters. The van der Waals surface area contributed by atoms with Gasteiger partial charge in [0.05, 0.1) is 0 Å². The van der Waals surface area contributed by atoms with Gasteiger partial charge in [0.15, 0.2) is 0 Å². The lowest BCUT2D eigenvalue weighted by Gasteiger charge is -2.09. The van der Waals surface area contributed by atoms with Gasteiger partial charge in [-0.15, -0.1) is 0 Å². The van der Waals surface area contributed by atoms with Crippen LogP contribution >= 0.6 is 0 Å². The number of carbonyl (C=O) groups is 2. The summed E-state index contributed by atoms with van der Waals surface area (Å²) in [5, 5.41) is 5.59. The third kappa shape index (κ3) is 4.30. The summed E-state index contributed by atoms with van der Waals surface area (Å²) in [7, 11) is 0. The molecule has 6 heteroatoms. The SMILES string of the molecule is Cc1ccccc1NC(=O)c1cccc(C(=O)NCc2ccncc2)n1. The van der Waals surface area contributed by atoms with Crippen molar-refractivity contribution in [1.82, 2.24) is 15.3 Å². The minimum atomic E-state index is -0.358. The number of anilines is 1. The normalized spacial score (nSPS) is 10.2. The fourth-order valence-electron chi connectivity index (χ4n) is 2.36. The Morgan fingerprint density at radius 1 is 0.885 bits per heavy atom. The molecule has 2 amide bonds. The molecule has 2 aromatic heterocycles. The van der Waals surface area contributed by atoms with Gasteiger partial charge in [0.25, 0.3) is 11.8 Å². The minimum absolute atomic E-state index is 0.185. The van der Waals surface area contributed by atoms with Crippen LogP contribution in [0.5, 0.6) is 0 Å². The zero-order chi connectivity index (χ0) is 18.4. The summed E-state index contributed by atoms with van der Waals surface area (Å²) in [5.41, 5.74) is 2.97. The van der Waals surface area contributed by atoms with Crippen molar-refractivity contribution >= 4 is 17.5 Å². The van der Waals surface area contributed by atoms with E-state index in [9.17, 15) is 9.59 Å². The summed E-state index contributed by atoms with van der Waals surface area (Å²) >= 11 is 0. The second-order valence-electron chi connectivity index (χ2n) is 5.72. The highest BCUT2D eigenvalue weighted by molar-refractivity contribution is 6.04. The van der Waals surface area contributed by atoms with E-state index in [1.54, 1.807) is 30.6 Å². The van der Waals surface area contributed by atoms with Crippen molar-refractivity contribution in [2.75, 3.05) is 5.32 Å². The van der Waals surface area contributed by atoms with Crippen LogP contribution in [0.15, 0.2) is 67.0 Å². The molecule has 6 nitrogen and oxygen atoms in total. The monoisotopic (exact) mass is 346 g/mol. The first kappa shape index (κ1) is 17.3. The summed E-state index contributed by atoms with van der Waals surface area (Å²) in [4.78, 5) is 32.8. The molecule has 1 aromatic carbocycles. The first-order valence-corrected chi connectivity index (χ1v) is 8.14. The van der Waals surface area contributed by atoms with Crippen molar-refractivity contribution in [2.45, 2.75) is 13.5 Å². The topological polar surface area (TPSA) is 84.0 Å². The van der Waals surface area contributed by atoms with Crippen LogP contribution in [0.1, 0.15) is 32.1 Å². The fraction of sp³-hybridized carbons (Fsp3) is 0.100. The molecular formula is C20H18N4O2. The largest absolute Gasteiger partial charge is 0.347 e. The fourth-order valence-corrected chi connectivity index (χ4v) is 2.36. The van der Waals surface area contributed by atoms with E-state index in [1.807, 2.05) is 43.3 Å². The minimum Gasteiger partial charge on any atom is -0.347 e. The highest BCUT2D eigenvalue weighted by Gasteiger charge is 2.13. The molecule has 0 atom stereocenters. The quantitative estimate of drug-likeness (QED) is 0.744. The first-order chi connectivity index (χ1) is 12.6. The Hall–Kier alpha value is -3.54. The van der Waals surface area contributed by atoms with Crippen LogP contribution in [-0.4, -0.2) is 21.8 Å². The van der Waals surface area contributed by atoms with Crippen LogP contribution in [0, 0.1) is 6.92 Å². The Morgan fingerprint density at radius 2 is 1.58 bits per heavy atom. The molecule has 0 aliphatic carbocycles. The summed E-state index contributed by atoms with van der Waals surface area (Å²) in [5.74, 6) is -0.699. The van der Waals surface area contributed by atoms with Gasteiger partial charge >= 0.3 is 0 Å². The lowest BCUT2D eigenvalue weighted by atomic mass is 10.2. The number of aryl methyl sites for hydroxylation is 1. The molecule has 0 aliphatic heterocycles. The lowest BCUT2D eigenvalue weighted by Crippen LogP contribution is -2.25. The molecule has 3 rings (SSSR count). The number of nitrogens with one attached hydrogen (secondary N) is 2. The van der Waals surface area contributed by atoms with Gasteiger partial charge in [-0.2, -0.15) is 0 Å². The van der Waals surface area contributed by atoms with Gasteiger partial charge in [-0.25, -0.2) is 4.98 Å². The van der Waals surface area contributed by atoms with Crippen molar-refractivity contribution in [3.63, 3.8) is 0 Å². The number of hydrogen-bond acceptors (Lipinski definition) is 4. The van der Waals surface area contributed by atoms with Crippen LogP contribution in [0.3, 0.4) is 0 Å². The van der Waals surface area contributed by atoms with Crippen LogP contribution in [-0.2, 0) is 6.54 Å². The maximum absolute atomic E-state index is 12.4. The maximum atomic E-state index is 12.4. The average molecular weight is 346 g/mol. The van der Waals surface area contributed by atoms with E-state index in [4.69, 9.17) is 0 Å². The van der Waals surface area contributed by atoms with Gasteiger partial charge in [-0.3, -0.25) is 14.6 Å². The van der Waals surface area contributed by atoms with Crippen molar-refractivity contribution in [3.8, 4) is 0 Å². The molecule has 3 aromatic rings. The van der Waals surface area contributed by atoms with Crippen LogP contribution < -0.4 is 10.6 Å². The molecule has 2 N–H and O–H groups in total. The Labute approximate surface area is 151 Å². The standard InChI is InChI=1S/C20H18N4O2/c1-14-5-2-3-6-16(14)24-20(26)18-8-4-7-17(23-18)19(25)22-13-15-9-11-21-12-10-15/h2-12H,13H2,1H3,(H,22,25)(H,24,26). The number of pyridine rings is 2. The highest BCUT2D eigenvalue weighted by atomic mass is 16.2. The predicted octanol–water partition coefficient (Wildman–Crippen LogP) is 2.97. The summed E-state index contributed by atoms with van der Waals surface area (Å²) in [6, 6.07) is 15.9. The van der Waals surface area contributed by atoms with Gasteiger partial charge in [-0.1, -0.05) is 24.3 Å². The number of rotatable bonds is 5. The second kappa shape index (κ2) is 8.02. The van der Waals surface area contributed by atoms with E-state index in [-0.39, 0.29) is 23.2 Å². The molecule has 0 fully saturated rings. The maximum Gasteiger partial charge on any atom is 0.274 e. The second-order valence-corrected chi connectivity index (χ2v) is 5.72. The molecular weight excluding hydrogens is 328 g/mol. The molecule has 130 valence electrons. The van der Waals surface area contributed by atoms with Gasteiger partial charge in [-0.05, 0) is 48.4 Å². The first-order valence-electron chi connectivity index (χ1n) is 8.14. The number of hydrogen-bond donors (Lipinski definition) is 2. The van der Waals surface area contributed by atoms with Gasteiger partial charge in [0, 0.05) is 24.6 Å². The smallest absolute Gasteiger partial charge is 0.274 e. The van der Waals surface area contributed by atoms with E-state index in [0.717, 1.165) is 11.1 Å². The van der Waals surface area contributed by atoms with E-state index in [2.05, 4.69) is 20.6 Å². The summed E-state index contributed by atoms with van der Waals surface area (Å²) in [6.45, 7) is 2.27. The van der Waals surface area contributed by atoms with E-state index in [0.29, 0.717) is 12.2 Å². The van der Waals surface area contributed by atoms with E-state index >= 15 is 0 Å². The zero-order valence-corrected chi connectivity index (χ0v) is 14.3. The zero-order valence-electron chi connectivity index (χ0n) is 14.3.